The van der Waals surface area contributed by atoms with E-state index in [0.29, 0.717) is 21.0 Å². The summed E-state index contributed by atoms with van der Waals surface area (Å²) in [5.41, 5.74) is 2.65. The highest BCUT2D eigenvalue weighted by atomic mass is 35.5. The van der Waals surface area contributed by atoms with E-state index in [-0.39, 0.29) is 5.88 Å². The van der Waals surface area contributed by atoms with Crippen LogP contribution in [0.2, 0.25) is 5.02 Å². The molecule has 0 bridgehead atoms. The van der Waals surface area contributed by atoms with Crippen molar-refractivity contribution in [2.24, 2.45) is 0 Å². The SMILES string of the molecule is COC(=O)C1=C(C)N(C)c2sc(-c3ccccc3)c([O-])[n+]2C1c1ccccc1Cl. The second-order valence-corrected chi connectivity index (χ2v) is 8.11. The maximum absolute atomic E-state index is 13.5. The molecule has 0 saturated heterocycles. The first-order valence-electron chi connectivity index (χ1n) is 9.03. The van der Waals surface area contributed by atoms with Crippen LogP contribution >= 0.6 is 22.9 Å². The number of carbonyl (C=O) groups excluding carboxylic acids is 1. The zero-order valence-corrected chi connectivity index (χ0v) is 17.8. The molecule has 2 heterocycles. The van der Waals surface area contributed by atoms with Crippen LogP contribution in [0, 0.1) is 0 Å². The molecule has 7 heteroatoms. The third kappa shape index (κ3) is 3.09. The number of carbonyl (C=O) groups is 1. The van der Waals surface area contributed by atoms with Gasteiger partial charge < -0.3 is 9.84 Å². The fourth-order valence-corrected chi connectivity index (χ4v) is 5.04. The summed E-state index contributed by atoms with van der Waals surface area (Å²) in [7, 11) is 3.19. The lowest BCUT2D eigenvalue weighted by molar-refractivity contribution is -0.728. The third-order valence-electron chi connectivity index (χ3n) is 5.17. The highest BCUT2D eigenvalue weighted by Crippen LogP contribution is 2.44. The summed E-state index contributed by atoms with van der Waals surface area (Å²) in [6, 6.07) is 16.1. The first kappa shape index (κ1) is 19.5. The van der Waals surface area contributed by atoms with E-state index < -0.39 is 12.0 Å². The minimum atomic E-state index is -0.663. The van der Waals surface area contributed by atoms with Gasteiger partial charge >= 0.3 is 11.1 Å². The fraction of sp³-hybridized carbons (Fsp3) is 0.182. The Labute approximate surface area is 178 Å². The monoisotopic (exact) mass is 426 g/mol. The number of hydrogen-bond donors (Lipinski definition) is 0. The number of fused-ring (bicyclic) bond motifs is 1. The molecule has 1 unspecified atom stereocenters. The lowest BCUT2D eigenvalue weighted by atomic mass is 9.94. The summed E-state index contributed by atoms with van der Waals surface area (Å²) in [6.45, 7) is 1.85. The summed E-state index contributed by atoms with van der Waals surface area (Å²) < 4.78 is 6.71. The summed E-state index contributed by atoms with van der Waals surface area (Å²) in [6.07, 6.45) is 0. The number of esters is 1. The van der Waals surface area contributed by atoms with E-state index in [9.17, 15) is 9.90 Å². The molecule has 1 aliphatic rings. The van der Waals surface area contributed by atoms with Gasteiger partial charge in [-0.3, -0.25) is 0 Å². The molecule has 0 saturated carbocycles. The van der Waals surface area contributed by atoms with Crippen molar-refractivity contribution >= 4 is 34.0 Å². The van der Waals surface area contributed by atoms with Gasteiger partial charge in [-0.1, -0.05) is 60.1 Å². The summed E-state index contributed by atoms with van der Waals surface area (Å²) >= 11 is 7.90. The van der Waals surface area contributed by atoms with Gasteiger partial charge in [-0.05, 0) is 29.9 Å². The van der Waals surface area contributed by atoms with Crippen LogP contribution in [0.15, 0.2) is 65.9 Å². The van der Waals surface area contributed by atoms with Gasteiger partial charge in [0.15, 0.2) is 6.04 Å². The van der Waals surface area contributed by atoms with Crippen LogP contribution in [0.1, 0.15) is 18.5 Å². The average molecular weight is 427 g/mol. The van der Waals surface area contributed by atoms with Crippen molar-refractivity contribution in [3.05, 3.63) is 76.5 Å². The predicted octanol–water partition coefficient (Wildman–Crippen LogP) is 3.92. The molecule has 0 fully saturated rings. The van der Waals surface area contributed by atoms with Gasteiger partial charge in [0.25, 0.3) is 0 Å². The number of methoxy groups -OCH3 is 1. The largest absolute Gasteiger partial charge is 0.841 e. The quantitative estimate of drug-likeness (QED) is 0.470. The standard InChI is InChI=1S/C22H19ClN2O3S/c1-13-17(21(27)28-3)18(15-11-7-8-12-16(15)23)25-20(26)19(29-22(25)24(13)2)14-9-5-4-6-10-14/h4-12,18H,1-3H3. The third-order valence-corrected chi connectivity index (χ3v) is 6.78. The van der Waals surface area contributed by atoms with Crippen LogP contribution < -0.4 is 14.6 Å². The van der Waals surface area contributed by atoms with Crippen molar-refractivity contribution in [1.29, 1.82) is 0 Å². The van der Waals surface area contributed by atoms with E-state index in [1.54, 1.807) is 10.6 Å². The Kier molecular flexibility index (Phi) is 5.06. The molecule has 3 aromatic rings. The normalized spacial score (nSPS) is 16.0. The Hall–Kier alpha value is -2.83. The van der Waals surface area contributed by atoms with Crippen molar-refractivity contribution in [2.75, 3.05) is 19.1 Å². The molecule has 4 rings (SSSR count). The van der Waals surface area contributed by atoms with E-state index in [1.807, 2.05) is 67.4 Å². The molecule has 148 valence electrons. The maximum atomic E-state index is 13.5. The molecule has 1 atom stereocenters. The summed E-state index contributed by atoms with van der Waals surface area (Å²) in [5.74, 6) is -0.647. The lowest BCUT2D eigenvalue weighted by Gasteiger charge is -2.29. The number of anilines is 1. The number of benzene rings is 2. The molecular weight excluding hydrogens is 408 g/mol. The highest BCUT2D eigenvalue weighted by molar-refractivity contribution is 7.18. The van der Waals surface area contributed by atoms with Gasteiger partial charge in [-0.2, -0.15) is 0 Å². The molecule has 0 spiro atoms. The van der Waals surface area contributed by atoms with Crippen LogP contribution in [0.4, 0.5) is 5.13 Å². The molecule has 29 heavy (non-hydrogen) atoms. The van der Waals surface area contributed by atoms with E-state index in [4.69, 9.17) is 16.3 Å². The van der Waals surface area contributed by atoms with Crippen LogP contribution in [-0.4, -0.2) is 20.1 Å². The second kappa shape index (κ2) is 7.54. The molecular formula is C22H19ClN2O3S. The maximum Gasteiger partial charge on any atom is 0.342 e. The van der Waals surface area contributed by atoms with Crippen molar-refractivity contribution in [2.45, 2.75) is 13.0 Å². The number of aromatic nitrogens is 1. The fourth-order valence-electron chi connectivity index (χ4n) is 3.62. The Morgan fingerprint density at radius 2 is 1.83 bits per heavy atom. The Bertz CT molecular complexity index is 1120. The van der Waals surface area contributed by atoms with Crippen LogP contribution in [0.25, 0.3) is 10.4 Å². The van der Waals surface area contributed by atoms with Gasteiger partial charge in [0.05, 0.1) is 24.9 Å². The van der Waals surface area contributed by atoms with Crippen LogP contribution in [0.5, 0.6) is 5.88 Å². The number of rotatable bonds is 3. The molecule has 0 radical (unpaired) electrons. The van der Waals surface area contributed by atoms with Crippen molar-refractivity contribution in [3.63, 3.8) is 0 Å². The molecule has 5 nitrogen and oxygen atoms in total. The first-order valence-corrected chi connectivity index (χ1v) is 10.2. The number of hydrogen-bond acceptors (Lipinski definition) is 5. The van der Waals surface area contributed by atoms with Gasteiger partial charge in [-0.15, -0.1) is 0 Å². The lowest BCUT2D eigenvalue weighted by Crippen LogP contribution is -2.51. The number of thiazole rings is 1. The molecule has 1 aliphatic heterocycles. The minimum Gasteiger partial charge on any atom is -0.841 e. The number of allylic oxidation sites excluding steroid dienone is 1. The summed E-state index contributed by atoms with van der Waals surface area (Å²) in [5, 5.41) is 14.8. The molecule has 2 aromatic carbocycles. The Balaban J connectivity index is 2.02. The molecule has 1 aromatic heterocycles. The van der Waals surface area contributed by atoms with Gasteiger partial charge in [0.1, 0.15) is 11.3 Å². The Morgan fingerprint density at radius 3 is 2.48 bits per heavy atom. The Morgan fingerprint density at radius 1 is 1.17 bits per heavy atom. The summed E-state index contributed by atoms with van der Waals surface area (Å²) in [4.78, 5) is 15.2. The zero-order valence-electron chi connectivity index (χ0n) is 16.2. The molecule has 0 N–H and O–H groups in total. The van der Waals surface area contributed by atoms with E-state index in [0.717, 1.165) is 16.4 Å². The van der Waals surface area contributed by atoms with Crippen molar-refractivity contribution in [3.8, 4) is 16.3 Å². The van der Waals surface area contributed by atoms with Crippen molar-refractivity contribution in [1.82, 2.24) is 0 Å². The second-order valence-electron chi connectivity index (χ2n) is 6.73. The topological polar surface area (TPSA) is 56.5 Å². The highest BCUT2D eigenvalue weighted by Gasteiger charge is 2.44. The smallest absolute Gasteiger partial charge is 0.342 e. The van der Waals surface area contributed by atoms with E-state index in [1.165, 1.54) is 18.4 Å². The van der Waals surface area contributed by atoms with Crippen molar-refractivity contribution < 1.29 is 19.2 Å². The van der Waals surface area contributed by atoms with Crippen LogP contribution in [0.3, 0.4) is 0 Å². The zero-order chi connectivity index (χ0) is 20.7. The van der Waals surface area contributed by atoms with E-state index >= 15 is 0 Å². The van der Waals surface area contributed by atoms with Crippen LogP contribution in [-0.2, 0) is 9.53 Å². The predicted molar refractivity (Wildman–Crippen MR) is 112 cm³/mol. The number of nitrogens with zero attached hydrogens (tertiary/aromatic N) is 2. The minimum absolute atomic E-state index is 0.165. The van der Waals surface area contributed by atoms with E-state index in [2.05, 4.69) is 0 Å². The molecule has 0 amide bonds. The van der Waals surface area contributed by atoms with Gasteiger partial charge in [0.2, 0.25) is 0 Å². The van der Waals surface area contributed by atoms with Gasteiger partial charge in [-0.25, -0.2) is 14.3 Å². The first-order chi connectivity index (χ1) is 14.0. The average Bonchev–Trinajstić information content (AvgIpc) is 3.08. The van der Waals surface area contributed by atoms with Gasteiger partial charge in [0, 0.05) is 10.6 Å². The number of ether oxygens (including phenoxy) is 1. The molecule has 0 aliphatic carbocycles. The number of halogens is 1.